The molecule has 0 bridgehead atoms. The van der Waals surface area contributed by atoms with Gasteiger partial charge in [-0.05, 0) is 37.1 Å². The van der Waals surface area contributed by atoms with Crippen molar-refractivity contribution in [2.45, 2.75) is 12.8 Å². The van der Waals surface area contributed by atoms with Gasteiger partial charge in [0.15, 0.2) is 5.69 Å². The van der Waals surface area contributed by atoms with Crippen molar-refractivity contribution in [2.24, 2.45) is 7.05 Å². The molecule has 0 saturated carbocycles. The first-order valence-electron chi connectivity index (χ1n) is 9.47. The number of hydrogen-bond acceptors (Lipinski definition) is 4. The first-order valence-corrected chi connectivity index (χ1v) is 9.84. The van der Waals surface area contributed by atoms with Crippen molar-refractivity contribution in [1.82, 2.24) is 24.2 Å². The van der Waals surface area contributed by atoms with Crippen molar-refractivity contribution < 1.29 is 4.79 Å². The highest BCUT2D eigenvalue weighted by Gasteiger charge is 2.28. The molecule has 0 aliphatic carbocycles. The van der Waals surface area contributed by atoms with Gasteiger partial charge in [0.1, 0.15) is 5.52 Å². The van der Waals surface area contributed by atoms with E-state index in [1.807, 2.05) is 6.07 Å². The maximum atomic E-state index is 13.4. The molecule has 7 nitrogen and oxygen atoms in total. The van der Waals surface area contributed by atoms with Gasteiger partial charge in [0.05, 0.1) is 17.4 Å². The zero-order valence-corrected chi connectivity index (χ0v) is 16.6. The lowest BCUT2D eigenvalue weighted by Gasteiger charge is -2.16. The molecule has 0 spiro atoms. The Labute approximate surface area is 171 Å². The number of rotatable bonds is 2. The van der Waals surface area contributed by atoms with Gasteiger partial charge in [0.25, 0.3) is 11.5 Å². The van der Waals surface area contributed by atoms with Crippen LogP contribution in [0, 0.1) is 0 Å². The van der Waals surface area contributed by atoms with E-state index in [0.717, 1.165) is 23.7 Å². The third-order valence-corrected chi connectivity index (χ3v) is 5.72. The minimum atomic E-state index is -0.305. The van der Waals surface area contributed by atoms with Crippen molar-refractivity contribution in [3.8, 4) is 5.69 Å². The number of nitrogens with zero attached hydrogens (tertiary/aromatic N) is 5. The molecule has 4 heterocycles. The van der Waals surface area contributed by atoms with Crippen LogP contribution in [0.25, 0.3) is 27.5 Å². The predicted octanol–water partition coefficient (Wildman–Crippen LogP) is 3.16. The minimum absolute atomic E-state index is 0.160. The summed E-state index contributed by atoms with van der Waals surface area (Å²) in [5.41, 5.74) is 1.69. The number of fused-ring (bicyclic) bond motifs is 3. The van der Waals surface area contributed by atoms with Crippen LogP contribution >= 0.6 is 11.6 Å². The number of carbonyl (C=O) groups is 1. The zero-order chi connectivity index (χ0) is 20.1. The number of pyridine rings is 1. The summed E-state index contributed by atoms with van der Waals surface area (Å²) in [4.78, 5) is 32.7. The molecular formula is C21H18ClN5O2. The Hall–Kier alpha value is -3.19. The third-order valence-electron chi connectivity index (χ3n) is 5.48. The predicted molar refractivity (Wildman–Crippen MR) is 112 cm³/mol. The lowest BCUT2D eigenvalue weighted by atomic mass is 10.1. The normalized spacial score (nSPS) is 14.2. The van der Waals surface area contributed by atoms with E-state index >= 15 is 0 Å². The van der Waals surface area contributed by atoms with Gasteiger partial charge in [-0.1, -0.05) is 17.7 Å². The Bertz CT molecular complexity index is 1320. The number of aryl methyl sites for hydroxylation is 1. The topological polar surface area (TPSA) is 73.0 Å². The smallest absolute Gasteiger partial charge is 0.296 e. The highest BCUT2D eigenvalue weighted by molar-refractivity contribution is 6.31. The van der Waals surface area contributed by atoms with E-state index < -0.39 is 0 Å². The van der Waals surface area contributed by atoms with E-state index in [4.69, 9.17) is 11.6 Å². The second kappa shape index (κ2) is 6.70. The maximum Gasteiger partial charge on any atom is 0.296 e. The Kier molecular flexibility index (Phi) is 4.13. The highest BCUT2D eigenvalue weighted by Crippen LogP contribution is 2.31. The molecule has 0 radical (unpaired) electrons. The van der Waals surface area contributed by atoms with Crippen molar-refractivity contribution in [1.29, 1.82) is 0 Å². The second-order valence-electron chi connectivity index (χ2n) is 7.22. The van der Waals surface area contributed by atoms with Crippen LogP contribution in [0.2, 0.25) is 5.02 Å². The molecule has 146 valence electrons. The van der Waals surface area contributed by atoms with Crippen LogP contribution < -0.4 is 5.56 Å². The van der Waals surface area contributed by atoms with E-state index in [9.17, 15) is 9.59 Å². The molecule has 0 unspecified atom stereocenters. The average molecular weight is 408 g/mol. The number of benzene rings is 1. The van der Waals surface area contributed by atoms with Gasteiger partial charge in [-0.3, -0.25) is 14.6 Å². The van der Waals surface area contributed by atoms with Crippen molar-refractivity contribution in [2.75, 3.05) is 13.1 Å². The first kappa shape index (κ1) is 17.9. The monoisotopic (exact) mass is 407 g/mol. The molecule has 29 heavy (non-hydrogen) atoms. The fourth-order valence-electron chi connectivity index (χ4n) is 4.07. The molecule has 4 aromatic rings. The van der Waals surface area contributed by atoms with Crippen LogP contribution in [0.1, 0.15) is 23.3 Å². The largest absolute Gasteiger partial charge is 0.339 e. The van der Waals surface area contributed by atoms with Crippen molar-refractivity contribution in [3.63, 3.8) is 0 Å². The summed E-state index contributed by atoms with van der Waals surface area (Å²) >= 11 is 6.20. The SMILES string of the molecule is Cn1c2cc(Cl)ccc2c2c(C(=O)N3CCCC3)nn(-c3cccnc3)c(=O)c21. The van der Waals surface area contributed by atoms with Crippen LogP contribution in [0.15, 0.2) is 47.5 Å². The quantitative estimate of drug-likeness (QED) is 0.511. The van der Waals surface area contributed by atoms with E-state index in [1.165, 1.54) is 4.68 Å². The Morgan fingerprint density at radius 2 is 1.97 bits per heavy atom. The average Bonchev–Trinajstić information content (AvgIpc) is 3.36. The lowest BCUT2D eigenvalue weighted by molar-refractivity contribution is 0.0787. The lowest BCUT2D eigenvalue weighted by Crippen LogP contribution is -2.32. The van der Waals surface area contributed by atoms with Crippen molar-refractivity contribution >= 4 is 39.3 Å². The Morgan fingerprint density at radius 1 is 1.17 bits per heavy atom. The number of likely N-dealkylation sites (tertiary alicyclic amines) is 1. The summed E-state index contributed by atoms with van der Waals surface area (Å²) in [5, 5.41) is 6.45. The van der Waals surface area contributed by atoms with Crippen LogP contribution in [0.3, 0.4) is 0 Å². The number of carbonyl (C=O) groups excluding carboxylic acids is 1. The first-order chi connectivity index (χ1) is 14.1. The standard InChI is InChI=1S/C21H18ClN5O2/c1-25-16-11-13(22)6-7-15(16)17-18(20(28)26-9-2-3-10-26)24-27(21(29)19(17)25)14-5-4-8-23-12-14/h4-8,11-12H,2-3,9-10H2,1H3. The summed E-state index contributed by atoms with van der Waals surface area (Å²) < 4.78 is 3.05. The number of amides is 1. The third kappa shape index (κ3) is 2.73. The Morgan fingerprint density at radius 3 is 2.69 bits per heavy atom. The molecule has 1 fully saturated rings. The molecule has 1 aliphatic heterocycles. The van der Waals surface area contributed by atoms with Gasteiger partial charge in [0.2, 0.25) is 0 Å². The van der Waals surface area contributed by atoms with Gasteiger partial charge in [-0.15, -0.1) is 0 Å². The van der Waals surface area contributed by atoms with E-state index in [0.29, 0.717) is 34.7 Å². The highest BCUT2D eigenvalue weighted by atomic mass is 35.5. The molecule has 0 atom stereocenters. The Balaban J connectivity index is 1.91. The van der Waals surface area contributed by atoms with Gasteiger partial charge < -0.3 is 9.47 Å². The summed E-state index contributed by atoms with van der Waals surface area (Å²) in [5.74, 6) is -0.160. The molecule has 1 aliphatic rings. The molecule has 1 aromatic carbocycles. The molecule has 1 amide bonds. The summed E-state index contributed by atoms with van der Waals surface area (Å²) in [6, 6.07) is 8.89. The van der Waals surface area contributed by atoms with Gasteiger partial charge in [0, 0.05) is 42.1 Å². The zero-order valence-electron chi connectivity index (χ0n) is 15.8. The number of aromatic nitrogens is 4. The minimum Gasteiger partial charge on any atom is -0.339 e. The molecule has 8 heteroatoms. The van der Waals surface area contributed by atoms with Crippen LogP contribution in [-0.2, 0) is 7.05 Å². The maximum absolute atomic E-state index is 13.4. The fraction of sp³-hybridized carbons (Fsp3) is 0.238. The molecule has 5 rings (SSSR count). The molecular weight excluding hydrogens is 390 g/mol. The molecule has 0 N–H and O–H groups in total. The van der Waals surface area contributed by atoms with Gasteiger partial charge >= 0.3 is 0 Å². The van der Waals surface area contributed by atoms with E-state index in [1.54, 1.807) is 53.2 Å². The van der Waals surface area contributed by atoms with Crippen LogP contribution in [0.4, 0.5) is 0 Å². The summed E-state index contributed by atoms with van der Waals surface area (Å²) in [7, 11) is 1.81. The second-order valence-corrected chi connectivity index (χ2v) is 7.66. The van der Waals surface area contributed by atoms with E-state index in [-0.39, 0.29) is 17.2 Å². The fourth-order valence-corrected chi connectivity index (χ4v) is 4.24. The number of halogens is 1. The van der Waals surface area contributed by atoms with Crippen LogP contribution in [-0.4, -0.2) is 43.2 Å². The van der Waals surface area contributed by atoms with Crippen molar-refractivity contribution in [3.05, 3.63) is 63.8 Å². The van der Waals surface area contributed by atoms with Gasteiger partial charge in [-0.2, -0.15) is 9.78 Å². The summed E-state index contributed by atoms with van der Waals surface area (Å²) in [6.07, 6.45) is 5.14. The molecule has 1 saturated heterocycles. The summed E-state index contributed by atoms with van der Waals surface area (Å²) in [6.45, 7) is 1.40. The number of hydrogen-bond donors (Lipinski definition) is 0. The molecule has 3 aromatic heterocycles. The van der Waals surface area contributed by atoms with Gasteiger partial charge in [-0.25, -0.2) is 0 Å². The van der Waals surface area contributed by atoms with E-state index in [2.05, 4.69) is 10.1 Å². The van der Waals surface area contributed by atoms with Crippen LogP contribution in [0.5, 0.6) is 0 Å².